The van der Waals surface area contributed by atoms with Crippen molar-refractivity contribution >= 4 is 32.1 Å². The zero-order valence-electron chi connectivity index (χ0n) is 16.3. The van der Waals surface area contributed by atoms with Crippen LogP contribution in [-0.2, 0) is 10.0 Å². The molecule has 0 radical (unpaired) electrons. The maximum absolute atomic E-state index is 13.0. The first-order chi connectivity index (χ1) is 14.5. The summed E-state index contributed by atoms with van der Waals surface area (Å²) in [5.74, 6) is 0. The van der Waals surface area contributed by atoms with Crippen LogP contribution in [0.1, 0.15) is 5.56 Å². The van der Waals surface area contributed by atoms with Crippen LogP contribution in [0, 0.1) is 6.92 Å². The fourth-order valence-electron chi connectivity index (χ4n) is 3.64. The summed E-state index contributed by atoms with van der Waals surface area (Å²) in [5, 5.41) is 1.59. The normalized spacial score (nSPS) is 11.8. The van der Waals surface area contributed by atoms with E-state index in [4.69, 9.17) is 4.98 Å². The van der Waals surface area contributed by atoms with Crippen LogP contribution in [-0.4, -0.2) is 17.8 Å². The number of rotatable bonds is 4. The van der Waals surface area contributed by atoms with Crippen LogP contribution in [0.4, 0.5) is 5.69 Å². The number of pyridine rings is 1. The third-order valence-electron chi connectivity index (χ3n) is 5.15. The molecule has 6 heteroatoms. The fourth-order valence-corrected chi connectivity index (χ4v) is 4.93. The molecule has 2 aromatic heterocycles. The molecule has 0 spiro atoms. The summed E-state index contributed by atoms with van der Waals surface area (Å²) in [6.45, 7) is 2.03. The van der Waals surface area contributed by atoms with Crippen molar-refractivity contribution < 1.29 is 8.42 Å². The van der Waals surface area contributed by atoms with Crippen LogP contribution < -0.4 is 4.72 Å². The van der Waals surface area contributed by atoms with Gasteiger partial charge < -0.3 is 4.40 Å². The lowest BCUT2D eigenvalue weighted by Gasteiger charge is -2.11. The number of sulfonamides is 1. The molecule has 0 saturated carbocycles. The second-order valence-corrected chi connectivity index (χ2v) is 8.86. The van der Waals surface area contributed by atoms with Crippen molar-refractivity contribution in [2.45, 2.75) is 11.8 Å². The largest absolute Gasteiger partial charge is 0.306 e. The minimum absolute atomic E-state index is 0.264. The number of aryl methyl sites for hydroxylation is 1. The zero-order valence-corrected chi connectivity index (χ0v) is 17.1. The lowest BCUT2D eigenvalue weighted by atomic mass is 10.1. The van der Waals surface area contributed by atoms with Gasteiger partial charge in [0.25, 0.3) is 10.0 Å². The minimum Gasteiger partial charge on any atom is -0.306 e. The van der Waals surface area contributed by atoms with Gasteiger partial charge in [0, 0.05) is 29.0 Å². The van der Waals surface area contributed by atoms with Crippen molar-refractivity contribution in [2.24, 2.45) is 0 Å². The summed E-state index contributed by atoms with van der Waals surface area (Å²) in [6, 6.07) is 24.0. The summed E-state index contributed by atoms with van der Waals surface area (Å²) < 4.78 is 30.7. The number of hydrogen-bond donors (Lipinski definition) is 1. The first-order valence-corrected chi connectivity index (χ1v) is 11.0. The first kappa shape index (κ1) is 18.4. The monoisotopic (exact) mass is 413 g/mol. The molecule has 0 atom stereocenters. The van der Waals surface area contributed by atoms with Gasteiger partial charge in [0.05, 0.1) is 10.6 Å². The maximum Gasteiger partial charge on any atom is 0.262 e. The van der Waals surface area contributed by atoms with Gasteiger partial charge in [0.15, 0.2) is 0 Å². The molecule has 0 bridgehead atoms. The molecule has 0 amide bonds. The molecule has 0 fully saturated rings. The number of nitrogens with zero attached hydrogens (tertiary/aromatic N) is 2. The number of anilines is 1. The van der Waals surface area contributed by atoms with Gasteiger partial charge in [-0.2, -0.15) is 0 Å². The van der Waals surface area contributed by atoms with E-state index in [0.29, 0.717) is 11.1 Å². The average molecular weight is 414 g/mol. The van der Waals surface area contributed by atoms with E-state index in [9.17, 15) is 8.42 Å². The van der Waals surface area contributed by atoms with Crippen molar-refractivity contribution in [2.75, 3.05) is 4.72 Å². The molecule has 3 aromatic carbocycles. The van der Waals surface area contributed by atoms with Gasteiger partial charge in [-0.3, -0.25) is 4.72 Å². The summed E-state index contributed by atoms with van der Waals surface area (Å²) in [6.07, 6.45) is 3.93. The number of nitrogens with one attached hydrogen (secondary N) is 1. The van der Waals surface area contributed by atoms with E-state index >= 15 is 0 Å². The highest BCUT2D eigenvalue weighted by Gasteiger charge is 2.17. The Bertz CT molecular complexity index is 1480. The highest BCUT2D eigenvalue weighted by atomic mass is 32.2. The van der Waals surface area contributed by atoms with Gasteiger partial charge in [0.1, 0.15) is 5.65 Å². The van der Waals surface area contributed by atoms with Crippen molar-refractivity contribution in [1.82, 2.24) is 9.38 Å². The summed E-state index contributed by atoms with van der Waals surface area (Å²) in [4.78, 5) is 4.96. The molecular formula is C24H19N3O2S. The van der Waals surface area contributed by atoms with Gasteiger partial charge >= 0.3 is 0 Å². The second kappa shape index (κ2) is 7.00. The number of aromatic nitrogens is 2. The lowest BCUT2D eigenvalue weighted by molar-refractivity contribution is 0.602. The Hall–Kier alpha value is -3.64. The number of hydrogen-bond acceptors (Lipinski definition) is 3. The quantitative estimate of drug-likeness (QED) is 0.437. The fraction of sp³-hybridized carbons (Fsp3) is 0.0417. The molecule has 5 rings (SSSR count). The molecule has 5 aromatic rings. The van der Waals surface area contributed by atoms with Crippen LogP contribution in [0.25, 0.3) is 27.7 Å². The maximum atomic E-state index is 13.0. The smallest absolute Gasteiger partial charge is 0.262 e. The van der Waals surface area contributed by atoms with Crippen molar-refractivity contribution in [3.63, 3.8) is 0 Å². The van der Waals surface area contributed by atoms with Crippen molar-refractivity contribution in [3.8, 4) is 11.3 Å². The third-order valence-corrected chi connectivity index (χ3v) is 6.59. The number of fused-ring (bicyclic) bond motifs is 2. The Balaban J connectivity index is 1.46. The second-order valence-electron chi connectivity index (χ2n) is 7.21. The Morgan fingerprint density at radius 1 is 0.867 bits per heavy atom. The van der Waals surface area contributed by atoms with E-state index in [1.807, 2.05) is 78.3 Å². The predicted octanol–water partition coefficient (Wildman–Crippen LogP) is 5.26. The topological polar surface area (TPSA) is 63.5 Å². The minimum atomic E-state index is -3.71. The molecule has 0 saturated heterocycles. The Labute approximate surface area is 174 Å². The van der Waals surface area contributed by atoms with E-state index < -0.39 is 10.0 Å². The van der Waals surface area contributed by atoms with Gasteiger partial charge in [-0.15, -0.1) is 0 Å². The molecule has 0 aliphatic rings. The van der Waals surface area contributed by atoms with E-state index in [-0.39, 0.29) is 4.90 Å². The van der Waals surface area contributed by atoms with Crippen molar-refractivity contribution in [1.29, 1.82) is 0 Å². The van der Waals surface area contributed by atoms with Gasteiger partial charge in [-0.05, 0) is 42.1 Å². The van der Waals surface area contributed by atoms with Gasteiger partial charge in [0.2, 0.25) is 0 Å². The van der Waals surface area contributed by atoms with E-state index in [2.05, 4.69) is 4.72 Å². The average Bonchev–Trinajstić information content (AvgIpc) is 3.19. The van der Waals surface area contributed by atoms with E-state index in [1.165, 1.54) is 0 Å². The highest BCUT2D eigenvalue weighted by Crippen LogP contribution is 2.26. The Morgan fingerprint density at radius 2 is 1.63 bits per heavy atom. The standard InChI is InChI=1S/C24H19N3O2S/c1-17-6-5-15-27-16-22(25-24(17)27)19-11-13-20(14-12-19)26-30(28,29)23-10-4-8-18-7-2-3-9-21(18)23/h2-16,26H,1H3. The van der Waals surface area contributed by atoms with Crippen LogP contribution in [0.3, 0.4) is 0 Å². The van der Waals surface area contributed by atoms with Gasteiger partial charge in [-0.25, -0.2) is 13.4 Å². The zero-order chi connectivity index (χ0) is 20.7. The molecule has 30 heavy (non-hydrogen) atoms. The molecule has 0 unspecified atom stereocenters. The van der Waals surface area contributed by atoms with Crippen LogP contribution in [0.5, 0.6) is 0 Å². The molecule has 1 N–H and O–H groups in total. The molecular weight excluding hydrogens is 394 g/mol. The molecule has 5 nitrogen and oxygen atoms in total. The number of imidazole rings is 1. The first-order valence-electron chi connectivity index (χ1n) is 9.57. The summed E-state index contributed by atoms with van der Waals surface area (Å²) in [7, 11) is -3.71. The number of benzene rings is 3. The molecule has 148 valence electrons. The van der Waals surface area contributed by atoms with Crippen LogP contribution in [0.2, 0.25) is 0 Å². The Morgan fingerprint density at radius 3 is 2.43 bits per heavy atom. The predicted molar refractivity (Wildman–Crippen MR) is 120 cm³/mol. The molecule has 0 aliphatic carbocycles. The Kier molecular flexibility index (Phi) is 4.29. The van der Waals surface area contributed by atoms with E-state index in [0.717, 1.165) is 27.9 Å². The molecule has 2 heterocycles. The van der Waals surface area contributed by atoms with Gasteiger partial charge in [-0.1, -0.05) is 54.6 Å². The SMILES string of the molecule is Cc1cccn2cc(-c3ccc(NS(=O)(=O)c4cccc5ccccc45)cc3)nc12. The lowest BCUT2D eigenvalue weighted by Crippen LogP contribution is -2.13. The van der Waals surface area contributed by atoms with Crippen LogP contribution in [0.15, 0.2) is 96.2 Å². The van der Waals surface area contributed by atoms with Crippen LogP contribution >= 0.6 is 0 Å². The van der Waals surface area contributed by atoms with E-state index in [1.54, 1.807) is 24.3 Å². The summed E-state index contributed by atoms with van der Waals surface area (Å²) in [5.41, 5.74) is 4.28. The summed E-state index contributed by atoms with van der Waals surface area (Å²) >= 11 is 0. The van der Waals surface area contributed by atoms with Crippen molar-refractivity contribution in [3.05, 3.63) is 96.8 Å². The third kappa shape index (κ3) is 3.21. The highest BCUT2D eigenvalue weighted by molar-refractivity contribution is 7.93. The molecule has 0 aliphatic heterocycles.